The molecular weight excluding hydrogens is 272 g/mol. The number of carbonyl (C=O) groups excluding carboxylic acids is 2. The van der Waals surface area contributed by atoms with Gasteiger partial charge in [0, 0.05) is 24.5 Å². The van der Waals surface area contributed by atoms with E-state index in [0.29, 0.717) is 4.91 Å². The normalized spacial score (nSPS) is 17.4. The smallest absolute Gasteiger partial charge is 0.293 e. The number of rotatable bonds is 4. The quantitative estimate of drug-likeness (QED) is 0.631. The fourth-order valence-electron chi connectivity index (χ4n) is 2.39. The molecule has 1 saturated heterocycles. The van der Waals surface area contributed by atoms with Gasteiger partial charge in [0.1, 0.15) is 0 Å². The number of aryl methyl sites for hydroxylation is 1. The summed E-state index contributed by atoms with van der Waals surface area (Å²) in [5.74, 6) is -0.235. The molecule has 0 spiro atoms. The zero-order chi connectivity index (χ0) is 14.9. The molecule has 20 heavy (non-hydrogen) atoms. The van der Waals surface area contributed by atoms with E-state index in [4.69, 9.17) is 0 Å². The zero-order valence-corrected chi connectivity index (χ0v) is 12.8. The molecule has 0 N–H and O–H groups in total. The average molecular weight is 290 g/mol. The lowest BCUT2D eigenvalue weighted by molar-refractivity contribution is -0.122. The van der Waals surface area contributed by atoms with E-state index in [1.807, 2.05) is 26.0 Å². The molecule has 1 fully saturated rings. The van der Waals surface area contributed by atoms with Gasteiger partial charge in [-0.2, -0.15) is 0 Å². The Hall–Kier alpha value is -1.75. The first-order valence-corrected chi connectivity index (χ1v) is 7.34. The molecule has 0 saturated carbocycles. The molecule has 0 bridgehead atoms. The maximum atomic E-state index is 12.1. The van der Waals surface area contributed by atoms with Crippen LogP contribution in [0.3, 0.4) is 0 Å². The van der Waals surface area contributed by atoms with Crippen LogP contribution in [0.2, 0.25) is 0 Å². The second kappa shape index (κ2) is 5.71. The highest BCUT2D eigenvalue weighted by Crippen LogP contribution is 2.33. The molecule has 1 aromatic heterocycles. The van der Waals surface area contributed by atoms with Gasteiger partial charge in [-0.3, -0.25) is 14.5 Å². The van der Waals surface area contributed by atoms with Crippen LogP contribution in [-0.2, 0) is 11.3 Å². The Morgan fingerprint density at radius 1 is 1.35 bits per heavy atom. The van der Waals surface area contributed by atoms with Gasteiger partial charge in [0.15, 0.2) is 0 Å². The van der Waals surface area contributed by atoms with E-state index in [-0.39, 0.29) is 17.7 Å². The predicted molar refractivity (Wildman–Crippen MR) is 82.5 cm³/mol. The number of hydrogen-bond donors (Lipinski definition) is 0. The highest BCUT2D eigenvalue weighted by atomic mass is 32.2. The first-order valence-electron chi connectivity index (χ1n) is 6.52. The number of imide groups is 1. The lowest BCUT2D eigenvalue weighted by Crippen LogP contribution is -2.27. The molecule has 0 aliphatic carbocycles. The molecule has 2 amide bonds. The summed E-state index contributed by atoms with van der Waals surface area (Å²) in [6, 6.07) is 2.04. The van der Waals surface area contributed by atoms with Crippen molar-refractivity contribution in [1.82, 2.24) is 9.47 Å². The SMILES string of the molecule is C=CCN1C(=O)S/C(=C/c2cc(C)n(CC)c2C)C1=O. The second-order valence-electron chi connectivity index (χ2n) is 4.65. The minimum Gasteiger partial charge on any atom is -0.349 e. The van der Waals surface area contributed by atoms with Crippen molar-refractivity contribution in [3.8, 4) is 0 Å². The van der Waals surface area contributed by atoms with Gasteiger partial charge >= 0.3 is 0 Å². The topological polar surface area (TPSA) is 42.3 Å². The summed E-state index contributed by atoms with van der Waals surface area (Å²) in [6.45, 7) is 10.9. The van der Waals surface area contributed by atoms with Gasteiger partial charge in [0.05, 0.1) is 4.91 Å². The summed E-state index contributed by atoms with van der Waals surface area (Å²) in [4.78, 5) is 25.6. The summed E-state index contributed by atoms with van der Waals surface area (Å²) in [5, 5.41) is -0.231. The van der Waals surface area contributed by atoms with Crippen molar-refractivity contribution < 1.29 is 9.59 Å². The van der Waals surface area contributed by atoms with Crippen LogP contribution in [0.5, 0.6) is 0 Å². The van der Waals surface area contributed by atoms with E-state index in [0.717, 1.165) is 35.3 Å². The summed E-state index contributed by atoms with van der Waals surface area (Å²) in [6.07, 6.45) is 3.37. The van der Waals surface area contributed by atoms with Crippen LogP contribution < -0.4 is 0 Å². The minimum atomic E-state index is -0.235. The van der Waals surface area contributed by atoms with Crippen molar-refractivity contribution >= 4 is 29.0 Å². The van der Waals surface area contributed by atoms with Crippen molar-refractivity contribution in [1.29, 1.82) is 0 Å². The molecule has 0 radical (unpaired) electrons. The fraction of sp³-hybridized carbons (Fsp3) is 0.333. The van der Waals surface area contributed by atoms with Crippen LogP contribution in [0.15, 0.2) is 23.6 Å². The Morgan fingerprint density at radius 3 is 2.60 bits per heavy atom. The van der Waals surface area contributed by atoms with Gasteiger partial charge < -0.3 is 4.57 Å². The third-order valence-electron chi connectivity index (χ3n) is 3.40. The molecule has 2 rings (SSSR count). The molecule has 106 valence electrons. The van der Waals surface area contributed by atoms with Crippen molar-refractivity contribution in [3.05, 3.63) is 40.6 Å². The maximum absolute atomic E-state index is 12.1. The van der Waals surface area contributed by atoms with Gasteiger partial charge in [-0.1, -0.05) is 6.08 Å². The van der Waals surface area contributed by atoms with Crippen LogP contribution in [0.25, 0.3) is 6.08 Å². The zero-order valence-electron chi connectivity index (χ0n) is 12.0. The van der Waals surface area contributed by atoms with Gasteiger partial charge in [0.25, 0.3) is 11.1 Å². The summed E-state index contributed by atoms with van der Waals surface area (Å²) < 4.78 is 2.18. The van der Waals surface area contributed by atoms with E-state index in [2.05, 4.69) is 18.1 Å². The van der Waals surface area contributed by atoms with Crippen molar-refractivity contribution in [2.24, 2.45) is 0 Å². The monoisotopic (exact) mass is 290 g/mol. The van der Waals surface area contributed by atoms with Crippen LogP contribution >= 0.6 is 11.8 Å². The van der Waals surface area contributed by atoms with Crippen LogP contribution in [0.4, 0.5) is 4.79 Å². The maximum Gasteiger partial charge on any atom is 0.293 e. The van der Waals surface area contributed by atoms with Crippen LogP contribution in [0, 0.1) is 13.8 Å². The van der Waals surface area contributed by atoms with E-state index < -0.39 is 0 Å². The predicted octanol–water partition coefficient (Wildman–Crippen LogP) is 3.35. The Kier molecular flexibility index (Phi) is 4.18. The van der Waals surface area contributed by atoms with Gasteiger partial charge in [-0.15, -0.1) is 6.58 Å². The number of thioether (sulfide) groups is 1. The van der Waals surface area contributed by atoms with Gasteiger partial charge in [0.2, 0.25) is 0 Å². The molecule has 1 aromatic rings. The lowest BCUT2D eigenvalue weighted by Gasteiger charge is -2.07. The standard InChI is InChI=1S/C15H18N2O2S/c1-5-7-17-14(18)13(20-15(17)19)9-12-8-10(3)16(6-2)11(12)4/h5,8-9H,1,6-7H2,2-4H3/b13-9+. The largest absolute Gasteiger partial charge is 0.349 e. The van der Waals surface area contributed by atoms with Crippen LogP contribution in [-0.4, -0.2) is 27.2 Å². The highest BCUT2D eigenvalue weighted by molar-refractivity contribution is 8.18. The minimum absolute atomic E-state index is 0.231. The van der Waals surface area contributed by atoms with Crippen LogP contribution in [0.1, 0.15) is 23.9 Å². The van der Waals surface area contributed by atoms with Gasteiger partial charge in [-0.25, -0.2) is 0 Å². The molecule has 1 aliphatic heterocycles. The third-order valence-corrected chi connectivity index (χ3v) is 4.31. The summed E-state index contributed by atoms with van der Waals surface area (Å²) >= 11 is 0.990. The average Bonchev–Trinajstić information content (AvgIpc) is 2.82. The summed E-state index contributed by atoms with van der Waals surface area (Å²) in [5.41, 5.74) is 3.26. The first kappa shape index (κ1) is 14.7. The lowest BCUT2D eigenvalue weighted by atomic mass is 10.2. The molecule has 0 unspecified atom stereocenters. The number of amides is 2. The number of aromatic nitrogens is 1. The Balaban J connectivity index is 2.35. The van der Waals surface area contributed by atoms with Crippen molar-refractivity contribution in [2.75, 3.05) is 6.54 Å². The molecule has 1 aliphatic rings. The van der Waals surface area contributed by atoms with Crippen molar-refractivity contribution in [2.45, 2.75) is 27.3 Å². The Morgan fingerprint density at radius 2 is 2.05 bits per heavy atom. The number of hydrogen-bond acceptors (Lipinski definition) is 3. The van der Waals surface area contributed by atoms with Crippen molar-refractivity contribution in [3.63, 3.8) is 0 Å². The molecule has 5 heteroatoms. The van der Waals surface area contributed by atoms with E-state index in [9.17, 15) is 9.59 Å². The van der Waals surface area contributed by atoms with Gasteiger partial charge in [-0.05, 0) is 50.2 Å². The molecule has 0 atom stereocenters. The molecule has 2 heterocycles. The Labute approximate surface area is 123 Å². The third kappa shape index (κ3) is 2.45. The molecular formula is C15H18N2O2S. The van der Waals surface area contributed by atoms with E-state index in [1.54, 1.807) is 6.08 Å². The Bertz CT molecular complexity index is 614. The number of carbonyl (C=O) groups is 2. The molecule has 0 aromatic carbocycles. The second-order valence-corrected chi connectivity index (χ2v) is 5.64. The highest BCUT2D eigenvalue weighted by Gasteiger charge is 2.34. The summed E-state index contributed by atoms with van der Waals surface area (Å²) in [7, 11) is 0. The van der Waals surface area contributed by atoms with E-state index >= 15 is 0 Å². The first-order chi connectivity index (χ1) is 9.49. The number of nitrogens with zero attached hydrogens (tertiary/aromatic N) is 2. The fourth-order valence-corrected chi connectivity index (χ4v) is 3.23. The molecule has 4 nitrogen and oxygen atoms in total. The van der Waals surface area contributed by atoms with E-state index in [1.165, 1.54) is 4.90 Å².